The number of amides is 2. The molecule has 134 valence electrons. The number of thiazole rings is 1. The Morgan fingerprint density at radius 1 is 1.19 bits per heavy atom. The fourth-order valence-corrected chi connectivity index (χ4v) is 4.30. The fraction of sp³-hybridized carbons (Fsp3) is 0.333. The van der Waals surface area contributed by atoms with Crippen molar-refractivity contribution in [1.82, 2.24) is 19.9 Å². The highest BCUT2D eigenvalue weighted by atomic mass is 35.5. The Hall–Kier alpha value is -2.25. The molecule has 0 atom stereocenters. The minimum absolute atomic E-state index is 0.0151. The molecule has 1 aliphatic rings. The second kappa shape index (κ2) is 7.55. The molecule has 2 aromatic heterocycles. The van der Waals surface area contributed by atoms with E-state index in [2.05, 4.69) is 15.0 Å². The Morgan fingerprint density at radius 2 is 1.96 bits per heavy atom. The van der Waals surface area contributed by atoms with Crippen LogP contribution in [0, 0.1) is 0 Å². The molecule has 0 bridgehead atoms. The first-order chi connectivity index (χ1) is 12.7. The maximum atomic E-state index is 13.2. The molecule has 3 aromatic rings. The maximum absolute atomic E-state index is 13.2. The van der Waals surface area contributed by atoms with Gasteiger partial charge in [0.1, 0.15) is 6.33 Å². The second-order valence-electron chi connectivity index (χ2n) is 6.27. The molecule has 0 aliphatic carbocycles. The molecule has 4 rings (SSSR count). The number of rotatable bonds is 3. The smallest absolute Gasteiger partial charge is 0.324 e. The lowest BCUT2D eigenvalue weighted by Crippen LogP contribution is -2.45. The van der Waals surface area contributed by atoms with Crippen LogP contribution >= 0.6 is 22.9 Å². The summed E-state index contributed by atoms with van der Waals surface area (Å²) in [5.74, 6) is 0. The Balaban J connectivity index is 1.69. The molecule has 3 heterocycles. The third-order valence-electron chi connectivity index (χ3n) is 4.38. The standard InChI is InChI=1S/C18H18ClN5OS/c19-14-4-5-15-16(8-14)26-17(22-15)24(11-13-9-20-12-21-10-13)18(25)23-6-2-1-3-7-23/h4-5,8-10,12H,1-3,6-7,11H2. The van der Waals surface area contributed by atoms with Crippen LogP contribution < -0.4 is 4.90 Å². The Kier molecular flexibility index (Phi) is 4.99. The number of hydrogen-bond acceptors (Lipinski definition) is 5. The first-order valence-electron chi connectivity index (χ1n) is 8.57. The van der Waals surface area contributed by atoms with Crippen molar-refractivity contribution in [3.8, 4) is 0 Å². The number of fused-ring (bicyclic) bond motifs is 1. The summed E-state index contributed by atoms with van der Waals surface area (Å²) in [5, 5.41) is 1.33. The second-order valence-corrected chi connectivity index (χ2v) is 7.72. The van der Waals surface area contributed by atoms with Crippen molar-refractivity contribution < 1.29 is 4.79 Å². The highest BCUT2D eigenvalue weighted by molar-refractivity contribution is 7.22. The van der Waals surface area contributed by atoms with Crippen molar-refractivity contribution in [1.29, 1.82) is 0 Å². The lowest BCUT2D eigenvalue weighted by molar-refractivity contribution is 0.192. The van der Waals surface area contributed by atoms with Gasteiger partial charge in [0.2, 0.25) is 0 Å². The van der Waals surface area contributed by atoms with Crippen LogP contribution in [0.25, 0.3) is 10.2 Å². The van der Waals surface area contributed by atoms with Gasteiger partial charge in [0.25, 0.3) is 0 Å². The lowest BCUT2D eigenvalue weighted by atomic mass is 10.1. The number of urea groups is 1. The molecule has 1 saturated heterocycles. The van der Waals surface area contributed by atoms with Gasteiger partial charge < -0.3 is 4.90 Å². The minimum Gasteiger partial charge on any atom is -0.324 e. The quantitative estimate of drug-likeness (QED) is 0.670. The normalized spacial score (nSPS) is 14.6. The van der Waals surface area contributed by atoms with Crippen LogP contribution in [-0.4, -0.2) is 39.0 Å². The summed E-state index contributed by atoms with van der Waals surface area (Å²) in [7, 11) is 0. The Morgan fingerprint density at radius 3 is 2.73 bits per heavy atom. The maximum Gasteiger partial charge on any atom is 0.326 e. The summed E-state index contributed by atoms with van der Waals surface area (Å²) in [6.07, 6.45) is 8.21. The van der Waals surface area contributed by atoms with Crippen molar-refractivity contribution in [2.75, 3.05) is 18.0 Å². The number of benzene rings is 1. The Bertz CT molecular complexity index is 910. The average Bonchev–Trinajstić information content (AvgIpc) is 3.10. The van der Waals surface area contributed by atoms with Crippen LogP contribution in [0.2, 0.25) is 5.02 Å². The summed E-state index contributed by atoms with van der Waals surface area (Å²) in [6.45, 7) is 1.97. The summed E-state index contributed by atoms with van der Waals surface area (Å²) < 4.78 is 0.966. The number of anilines is 1. The number of carbonyl (C=O) groups excluding carboxylic acids is 1. The summed E-state index contributed by atoms with van der Waals surface area (Å²) in [4.78, 5) is 29.6. The minimum atomic E-state index is -0.0151. The van der Waals surface area contributed by atoms with Crippen LogP contribution in [0.5, 0.6) is 0 Å². The Labute approximate surface area is 160 Å². The van der Waals surface area contributed by atoms with Crippen LogP contribution in [0.1, 0.15) is 24.8 Å². The van der Waals surface area contributed by atoms with Crippen molar-refractivity contribution in [2.24, 2.45) is 0 Å². The van der Waals surface area contributed by atoms with Crippen molar-refractivity contribution in [3.05, 3.63) is 47.5 Å². The van der Waals surface area contributed by atoms with Gasteiger partial charge in [0.15, 0.2) is 5.13 Å². The molecule has 0 radical (unpaired) electrons. The number of piperidine rings is 1. The monoisotopic (exact) mass is 387 g/mol. The summed E-state index contributed by atoms with van der Waals surface area (Å²) in [5.41, 5.74) is 1.71. The zero-order valence-electron chi connectivity index (χ0n) is 14.1. The third-order valence-corrected chi connectivity index (χ3v) is 5.66. The molecule has 0 N–H and O–H groups in total. The molecule has 0 spiro atoms. The van der Waals surface area contributed by atoms with E-state index in [0.29, 0.717) is 16.7 Å². The number of nitrogens with zero attached hydrogens (tertiary/aromatic N) is 5. The average molecular weight is 388 g/mol. The van der Waals surface area contributed by atoms with E-state index < -0.39 is 0 Å². The highest BCUT2D eigenvalue weighted by Gasteiger charge is 2.26. The van der Waals surface area contributed by atoms with Crippen molar-refractivity contribution in [2.45, 2.75) is 25.8 Å². The molecular formula is C18H18ClN5OS. The van der Waals surface area contributed by atoms with Crippen LogP contribution in [-0.2, 0) is 6.54 Å². The highest BCUT2D eigenvalue weighted by Crippen LogP contribution is 2.32. The van der Waals surface area contributed by atoms with E-state index in [4.69, 9.17) is 11.6 Å². The van der Waals surface area contributed by atoms with Crippen LogP contribution in [0.3, 0.4) is 0 Å². The molecule has 26 heavy (non-hydrogen) atoms. The van der Waals surface area contributed by atoms with E-state index >= 15 is 0 Å². The SMILES string of the molecule is O=C(N1CCCCC1)N(Cc1cncnc1)c1nc2ccc(Cl)cc2s1. The van der Waals surface area contributed by atoms with Gasteiger partial charge >= 0.3 is 6.03 Å². The zero-order chi connectivity index (χ0) is 17.9. The van der Waals surface area contributed by atoms with E-state index in [-0.39, 0.29) is 6.03 Å². The molecule has 2 amide bonds. The van der Waals surface area contributed by atoms with E-state index in [1.54, 1.807) is 17.3 Å². The number of halogens is 1. The van der Waals surface area contributed by atoms with Gasteiger partial charge in [-0.15, -0.1) is 0 Å². The van der Waals surface area contributed by atoms with E-state index in [1.807, 2.05) is 23.1 Å². The molecule has 8 heteroatoms. The van der Waals surface area contributed by atoms with Crippen LogP contribution in [0.15, 0.2) is 36.9 Å². The number of likely N-dealkylation sites (tertiary alicyclic amines) is 1. The predicted molar refractivity (Wildman–Crippen MR) is 104 cm³/mol. The number of aromatic nitrogens is 3. The van der Waals surface area contributed by atoms with E-state index in [9.17, 15) is 4.79 Å². The molecule has 1 aromatic carbocycles. The van der Waals surface area contributed by atoms with Crippen LogP contribution in [0.4, 0.5) is 9.93 Å². The van der Waals surface area contributed by atoms with Gasteiger partial charge in [-0.3, -0.25) is 4.90 Å². The van der Waals surface area contributed by atoms with Gasteiger partial charge in [0, 0.05) is 36.1 Å². The lowest BCUT2D eigenvalue weighted by Gasteiger charge is -2.31. The number of hydrogen-bond donors (Lipinski definition) is 0. The molecule has 1 aliphatic heterocycles. The zero-order valence-corrected chi connectivity index (χ0v) is 15.7. The first kappa shape index (κ1) is 17.2. The third kappa shape index (κ3) is 3.64. The largest absolute Gasteiger partial charge is 0.326 e. The van der Waals surface area contributed by atoms with Crippen molar-refractivity contribution in [3.63, 3.8) is 0 Å². The van der Waals surface area contributed by atoms with Gasteiger partial charge in [0.05, 0.1) is 16.8 Å². The molecule has 0 unspecified atom stereocenters. The summed E-state index contributed by atoms with van der Waals surface area (Å²) in [6, 6.07) is 5.56. The molecule has 6 nitrogen and oxygen atoms in total. The molecule has 0 saturated carbocycles. The van der Waals surface area contributed by atoms with Crippen molar-refractivity contribution >= 4 is 44.3 Å². The van der Waals surface area contributed by atoms with Gasteiger partial charge in [-0.1, -0.05) is 22.9 Å². The van der Waals surface area contributed by atoms with E-state index in [1.165, 1.54) is 24.1 Å². The van der Waals surface area contributed by atoms with E-state index in [0.717, 1.165) is 41.7 Å². The number of carbonyl (C=O) groups is 1. The fourth-order valence-electron chi connectivity index (χ4n) is 3.07. The first-order valence-corrected chi connectivity index (χ1v) is 9.76. The summed E-state index contributed by atoms with van der Waals surface area (Å²) >= 11 is 7.57. The topological polar surface area (TPSA) is 62.2 Å². The molecule has 1 fully saturated rings. The molecular weight excluding hydrogens is 370 g/mol. The van der Waals surface area contributed by atoms with Gasteiger partial charge in [-0.2, -0.15) is 0 Å². The predicted octanol–water partition coefficient (Wildman–Crippen LogP) is 4.35. The van der Waals surface area contributed by atoms with Gasteiger partial charge in [-0.25, -0.2) is 19.7 Å². The van der Waals surface area contributed by atoms with Gasteiger partial charge in [-0.05, 0) is 37.5 Å².